The summed E-state index contributed by atoms with van der Waals surface area (Å²) < 4.78 is 17.8. The van der Waals surface area contributed by atoms with E-state index < -0.39 is 6.10 Å². The molecule has 2 aliphatic carbocycles. The number of ether oxygens (including phenoxy) is 2. The fraction of sp³-hybridized carbons (Fsp3) is 0.424. The van der Waals surface area contributed by atoms with Gasteiger partial charge in [-0.2, -0.15) is 0 Å². The van der Waals surface area contributed by atoms with E-state index in [1.807, 2.05) is 54.4 Å². The molecule has 3 aromatic rings. The van der Waals surface area contributed by atoms with Gasteiger partial charge in [-0.05, 0) is 67.5 Å². The molecule has 7 heteroatoms. The molecule has 1 saturated heterocycles. The highest BCUT2D eigenvalue weighted by Crippen LogP contribution is 2.64. The van der Waals surface area contributed by atoms with Crippen molar-refractivity contribution in [2.75, 3.05) is 27.2 Å². The van der Waals surface area contributed by atoms with Gasteiger partial charge in [-0.15, -0.1) is 0 Å². The van der Waals surface area contributed by atoms with Gasteiger partial charge in [0.15, 0.2) is 11.5 Å². The third kappa shape index (κ3) is 3.82. The van der Waals surface area contributed by atoms with Crippen LogP contribution in [-0.4, -0.2) is 66.2 Å². The molecule has 4 aliphatic rings. The van der Waals surface area contributed by atoms with Crippen LogP contribution in [0.1, 0.15) is 47.6 Å². The third-order valence-corrected chi connectivity index (χ3v) is 10.0. The molecular weight excluding hydrogens is 504 g/mol. The molecule has 2 bridgehead atoms. The highest BCUT2D eigenvalue weighted by molar-refractivity contribution is 5.91. The Morgan fingerprint density at radius 3 is 2.85 bits per heavy atom. The van der Waals surface area contributed by atoms with Crippen LogP contribution in [0, 0.1) is 5.92 Å². The number of hydrogen-bond donors (Lipinski definition) is 1. The average molecular weight is 541 g/mol. The summed E-state index contributed by atoms with van der Waals surface area (Å²) in [6.07, 6.45) is 9.72. The lowest BCUT2D eigenvalue weighted by Crippen LogP contribution is -2.69. The van der Waals surface area contributed by atoms with E-state index in [-0.39, 0.29) is 23.5 Å². The summed E-state index contributed by atoms with van der Waals surface area (Å²) in [5, 5.41) is 11.1. The van der Waals surface area contributed by atoms with E-state index in [4.69, 9.17) is 13.9 Å². The van der Waals surface area contributed by atoms with E-state index in [2.05, 4.69) is 11.0 Å². The van der Waals surface area contributed by atoms with Crippen LogP contribution in [0.5, 0.6) is 11.5 Å². The third-order valence-electron chi connectivity index (χ3n) is 10.0. The number of furan rings is 1. The maximum Gasteiger partial charge on any atom is 0.246 e. The Morgan fingerprint density at radius 1 is 1.23 bits per heavy atom. The molecule has 40 heavy (non-hydrogen) atoms. The quantitative estimate of drug-likeness (QED) is 0.442. The second-order valence-corrected chi connectivity index (χ2v) is 11.7. The SMILES string of the molecule is COc1ccc2c3c1O[C@H]1[C@@H](N(C)C(=O)C=Cc4ccoc4)CC[C@H]4[C@@H](C2)N(CC(O)c2ccccc2)CC[C@@]341. The van der Waals surface area contributed by atoms with Crippen LogP contribution in [-0.2, 0) is 16.6 Å². The van der Waals surface area contributed by atoms with Crippen LogP contribution >= 0.6 is 0 Å². The van der Waals surface area contributed by atoms with Gasteiger partial charge in [-0.1, -0.05) is 36.4 Å². The lowest BCUT2D eigenvalue weighted by molar-refractivity contribution is -0.135. The van der Waals surface area contributed by atoms with Gasteiger partial charge in [-0.3, -0.25) is 9.69 Å². The lowest BCUT2D eigenvalue weighted by Gasteiger charge is -2.60. The first-order chi connectivity index (χ1) is 19.5. The molecule has 1 N–H and O–H groups in total. The Hall–Kier alpha value is -3.55. The van der Waals surface area contributed by atoms with Crippen molar-refractivity contribution >= 4 is 12.0 Å². The lowest BCUT2D eigenvalue weighted by atomic mass is 9.51. The highest BCUT2D eigenvalue weighted by Gasteiger charge is 2.66. The Bertz CT molecular complexity index is 1420. The van der Waals surface area contributed by atoms with Crippen molar-refractivity contribution in [3.8, 4) is 11.5 Å². The van der Waals surface area contributed by atoms with Crippen LogP contribution in [0.4, 0.5) is 0 Å². The number of methoxy groups -OCH3 is 1. The van der Waals surface area contributed by atoms with Crippen LogP contribution in [0.3, 0.4) is 0 Å². The topological polar surface area (TPSA) is 75.4 Å². The normalized spacial score (nSPS) is 29.1. The fourth-order valence-corrected chi connectivity index (χ4v) is 8.19. The zero-order valence-corrected chi connectivity index (χ0v) is 23.0. The molecule has 3 heterocycles. The van der Waals surface area contributed by atoms with E-state index in [0.29, 0.717) is 18.5 Å². The molecule has 1 saturated carbocycles. The predicted molar refractivity (Wildman–Crippen MR) is 151 cm³/mol. The van der Waals surface area contributed by atoms with E-state index in [1.54, 1.807) is 31.8 Å². The summed E-state index contributed by atoms with van der Waals surface area (Å²) in [6.45, 7) is 1.50. The number of hydrogen-bond acceptors (Lipinski definition) is 6. The Labute approximate surface area is 235 Å². The van der Waals surface area contributed by atoms with Crippen molar-refractivity contribution in [3.63, 3.8) is 0 Å². The molecule has 2 aromatic carbocycles. The predicted octanol–water partition coefficient (Wildman–Crippen LogP) is 4.60. The maximum atomic E-state index is 13.4. The fourth-order valence-electron chi connectivity index (χ4n) is 8.19. The van der Waals surface area contributed by atoms with Crippen molar-refractivity contribution in [1.82, 2.24) is 9.80 Å². The smallest absolute Gasteiger partial charge is 0.246 e. The molecule has 1 aromatic heterocycles. The van der Waals surface area contributed by atoms with Gasteiger partial charge in [0, 0.05) is 42.3 Å². The van der Waals surface area contributed by atoms with E-state index >= 15 is 0 Å². The Morgan fingerprint density at radius 2 is 2.08 bits per heavy atom. The van der Waals surface area contributed by atoms with E-state index in [0.717, 1.165) is 54.9 Å². The second-order valence-electron chi connectivity index (χ2n) is 11.7. The molecule has 208 valence electrons. The summed E-state index contributed by atoms with van der Waals surface area (Å²) in [5.74, 6) is 1.99. The highest BCUT2D eigenvalue weighted by atomic mass is 16.5. The van der Waals surface area contributed by atoms with Crippen molar-refractivity contribution in [2.45, 2.75) is 55.4 Å². The van der Waals surface area contributed by atoms with Gasteiger partial charge in [0.2, 0.25) is 5.91 Å². The van der Waals surface area contributed by atoms with Crippen LogP contribution in [0.25, 0.3) is 6.08 Å². The number of nitrogens with zero attached hydrogens (tertiary/aromatic N) is 2. The maximum absolute atomic E-state index is 13.4. The zero-order valence-electron chi connectivity index (χ0n) is 23.0. The molecule has 1 spiro atoms. The van der Waals surface area contributed by atoms with Crippen LogP contribution in [0.15, 0.2) is 71.6 Å². The summed E-state index contributed by atoms with van der Waals surface area (Å²) in [4.78, 5) is 17.7. The number of carbonyl (C=O) groups excluding carboxylic acids is 1. The largest absolute Gasteiger partial charge is 0.493 e. The number of amides is 1. The number of aliphatic hydroxyl groups excluding tert-OH is 1. The number of likely N-dealkylation sites (N-methyl/N-ethyl adjacent to an activating group) is 1. The average Bonchev–Trinajstić information content (AvgIpc) is 3.63. The first-order valence-corrected chi connectivity index (χ1v) is 14.3. The van der Waals surface area contributed by atoms with Gasteiger partial charge in [0.05, 0.1) is 31.8 Å². The van der Waals surface area contributed by atoms with Gasteiger partial charge in [-0.25, -0.2) is 0 Å². The minimum absolute atomic E-state index is 0.0384. The molecule has 7 rings (SSSR count). The minimum atomic E-state index is -0.527. The van der Waals surface area contributed by atoms with Gasteiger partial charge >= 0.3 is 0 Å². The van der Waals surface area contributed by atoms with Gasteiger partial charge in [0.25, 0.3) is 0 Å². The molecule has 0 radical (unpaired) electrons. The molecule has 6 atom stereocenters. The van der Waals surface area contributed by atoms with Crippen molar-refractivity contribution in [3.05, 3.63) is 89.4 Å². The molecule has 2 fully saturated rings. The summed E-state index contributed by atoms with van der Waals surface area (Å²) in [5.41, 5.74) is 4.26. The number of carbonyl (C=O) groups is 1. The number of likely N-dealkylation sites (tertiary alicyclic amines) is 1. The molecule has 1 amide bonds. The molecule has 2 aliphatic heterocycles. The first-order valence-electron chi connectivity index (χ1n) is 14.3. The minimum Gasteiger partial charge on any atom is -0.493 e. The second kappa shape index (κ2) is 9.82. The summed E-state index contributed by atoms with van der Waals surface area (Å²) in [7, 11) is 3.60. The van der Waals surface area contributed by atoms with Crippen molar-refractivity contribution in [2.24, 2.45) is 5.92 Å². The van der Waals surface area contributed by atoms with Gasteiger partial charge in [0.1, 0.15) is 6.10 Å². The zero-order chi connectivity index (χ0) is 27.4. The number of β-amino-alcohol motifs (C(OH)–C–C–N with tert-alkyl or cyclic N) is 1. The summed E-state index contributed by atoms with van der Waals surface area (Å²) >= 11 is 0. The van der Waals surface area contributed by atoms with Crippen molar-refractivity contribution < 1.29 is 23.8 Å². The number of piperidine rings is 1. The van der Waals surface area contributed by atoms with Gasteiger partial charge < -0.3 is 23.9 Å². The molecule has 7 nitrogen and oxygen atoms in total. The van der Waals surface area contributed by atoms with Crippen LogP contribution < -0.4 is 9.47 Å². The van der Waals surface area contributed by atoms with Crippen molar-refractivity contribution in [1.29, 1.82) is 0 Å². The van der Waals surface area contributed by atoms with Crippen LogP contribution in [0.2, 0.25) is 0 Å². The molecular formula is C33H36N2O5. The van der Waals surface area contributed by atoms with E-state index in [1.165, 1.54) is 11.1 Å². The Kier molecular flexibility index (Phi) is 6.24. The standard InChI is InChI=1S/C33H36N2O5/c1-34(29(37)13-8-21-14-17-39-20-21)25-11-10-24-26-18-23-9-12-28(38-2)31-30(23)33(24,32(25)40-31)15-16-35(26)19-27(36)22-6-4-3-5-7-22/h3-9,12-14,17,20,24-27,32,36H,10-11,15-16,18-19H2,1-2H3/t24-,25-,26+,27?,32-,33-/m0/s1. The number of aliphatic hydroxyl groups is 1. The monoisotopic (exact) mass is 540 g/mol. The number of rotatable bonds is 7. The molecule has 1 unspecified atom stereocenters. The Balaban J connectivity index is 1.22. The number of benzene rings is 2. The van der Waals surface area contributed by atoms with E-state index in [9.17, 15) is 9.90 Å². The summed E-state index contributed by atoms with van der Waals surface area (Å²) in [6, 6.07) is 16.3. The first kappa shape index (κ1) is 25.4.